The summed E-state index contributed by atoms with van der Waals surface area (Å²) in [6, 6.07) is 27.6. The van der Waals surface area contributed by atoms with Gasteiger partial charge in [-0.2, -0.15) is 5.10 Å². The lowest BCUT2D eigenvalue weighted by Crippen LogP contribution is -2.09. The lowest BCUT2D eigenvalue weighted by Gasteiger charge is -2.19. The van der Waals surface area contributed by atoms with Gasteiger partial charge in [-0.1, -0.05) is 48.5 Å². The minimum absolute atomic E-state index is 0.0826. The summed E-state index contributed by atoms with van der Waals surface area (Å²) in [5.74, 6) is -0.0826. The van der Waals surface area contributed by atoms with Crippen LogP contribution in [0.4, 0.5) is 17.1 Å². The lowest BCUT2D eigenvalue weighted by atomic mass is 10.2. The number of carbonyl (C=O) groups excluding carboxylic acids is 1. The average Bonchev–Trinajstić information content (AvgIpc) is 2.65. The second-order valence-corrected chi connectivity index (χ2v) is 5.53. The largest absolute Gasteiger partial charge is 0.326 e. The molecular weight excluding hydrogens is 310 g/mol. The Kier molecular flexibility index (Phi) is 5.22. The van der Waals surface area contributed by atoms with Crippen LogP contribution in [0.5, 0.6) is 0 Å². The zero-order valence-electron chi connectivity index (χ0n) is 14.0. The Balaban J connectivity index is 1.85. The van der Waals surface area contributed by atoms with Gasteiger partial charge in [0, 0.05) is 12.6 Å². The van der Waals surface area contributed by atoms with Crippen LogP contribution in [0.25, 0.3) is 0 Å². The number of amides is 1. The highest BCUT2D eigenvalue weighted by atomic mass is 16.1. The Hall–Kier alpha value is -3.40. The van der Waals surface area contributed by atoms with Gasteiger partial charge in [0.25, 0.3) is 0 Å². The van der Waals surface area contributed by atoms with Crippen molar-refractivity contribution in [1.82, 2.24) is 0 Å². The van der Waals surface area contributed by atoms with Crippen molar-refractivity contribution in [3.8, 4) is 0 Å². The molecule has 3 aromatic carbocycles. The summed E-state index contributed by atoms with van der Waals surface area (Å²) >= 11 is 0. The number of rotatable bonds is 5. The minimum Gasteiger partial charge on any atom is -0.326 e. The number of hydrogen-bond donors (Lipinski definition) is 1. The molecule has 4 heteroatoms. The number of hydrogen-bond acceptors (Lipinski definition) is 3. The molecule has 1 N–H and O–H groups in total. The average molecular weight is 329 g/mol. The van der Waals surface area contributed by atoms with E-state index in [0.29, 0.717) is 0 Å². The SMILES string of the molecule is CC(=O)Nc1ccc(/C=N\N(c2ccccc2)c2ccccc2)cc1. The number of anilines is 3. The van der Waals surface area contributed by atoms with Gasteiger partial charge in [0.15, 0.2) is 0 Å². The molecule has 3 rings (SSSR count). The predicted molar refractivity (Wildman–Crippen MR) is 103 cm³/mol. The molecule has 25 heavy (non-hydrogen) atoms. The number of carbonyl (C=O) groups is 1. The second-order valence-electron chi connectivity index (χ2n) is 5.53. The molecule has 0 fully saturated rings. The van der Waals surface area contributed by atoms with Crippen LogP contribution in [0.15, 0.2) is 90.0 Å². The summed E-state index contributed by atoms with van der Waals surface area (Å²) in [6.45, 7) is 1.49. The summed E-state index contributed by atoms with van der Waals surface area (Å²) in [5, 5.41) is 9.29. The smallest absolute Gasteiger partial charge is 0.221 e. The second kappa shape index (κ2) is 7.93. The minimum atomic E-state index is -0.0826. The molecule has 0 unspecified atom stereocenters. The van der Waals surface area contributed by atoms with Gasteiger partial charge < -0.3 is 5.32 Å². The van der Waals surface area contributed by atoms with Gasteiger partial charge in [-0.15, -0.1) is 0 Å². The third kappa shape index (κ3) is 4.54. The van der Waals surface area contributed by atoms with Crippen LogP contribution in [0, 0.1) is 0 Å². The monoisotopic (exact) mass is 329 g/mol. The molecule has 0 atom stereocenters. The van der Waals surface area contributed by atoms with Gasteiger partial charge in [0.1, 0.15) is 0 Å². The normalized spacial score (nSPS) is 10.6. The molecule has 0 aliphatic heterocycles. The van der Waals surface area contributed by atoms with Crippen molar-refractivity contribution in [2.75, 3.05) is 10.3 Å². The number of hydrazone groups is 1. The summed E-state index contributed by atoms with van der Waals surface area (Å²) < 4.78 is 0. The van der Waals surface area contributed by atoms with E-state index in [1.807, 2.05) is 89.9 Å². The van der Waals surface area contributed by atoms with E-state index in [9.17, 15) is 4.79 Å². The highest BCUT2D eigenvalue weighted by Crippen LogP contribution is 2.25. The fourth-order valence-electron chi connectivity index (χ4n) is 2.40. The van der Waals surface area contributed by atoms with E-state index in [2.05, 4.69) is 10.4 Å². The Labute approximate surface area is 147 Å². The molecule has 0 radical (unpaired) electrons. The van der Waals surface area contributed by atoms with Crippen LogP contribution in [0.2, 0.25) is 0 Å². The molecule has 0 heterocycles. The van der Waals surface area contributed by atoms with Gasteiger partial charge in [-0.3, -0.25) is 4.79 Å². The third-order valence-electron chi connectivity index (χ3n) is 3.55. The maximum absolute atomic E-state index is 11.1. The fourth-order valence-corrected chi connectivity index (χ4v) is 2.40. The topological polar surface area (TPSA) is 44.7 Å². The van der Waals surface area contributed by atoms with Crippen molar-refractivity contribution in [3.05, 3.63) is 90.5 Å². The lowest BCUT2D eigenvalue weighted by molar-refractivity contribution is -0.114. The highest BCUT2D eigenvalue weighted by Gasteiger charge is 2.06. The van der Waals surface area contributed by atoms with Crippen LogP contribution >= 0.6 is 0 Å². The first-order chi connectivity index (χ1) is 12.2. The molecule has 0 bridgehead atoms. The van der Waals surface area contributed by atoms with Crippen LogP contribution in [0.1, 0.15) is 12.5 Å². The van der Waals surface area contributed by atoms with E-state index in [4.69, 9.17) is 0 Å². The Morgan fingerprint density at radius 3 is 1.84 bits per heavy atom. The number of nitrogens with one attached hydrogen (secondary N) is 1. The predicted octanol–water partition coefficient (Wildman–Crippen LogP) is 4.82. The molecule has 124 valence electrons. The van der Waals surface area contributed by atoms with Crippen molar-refractivity contribution in [2.45, 2.75) is 6.92 Å². The van der Waals surface area contributed by atoms with Crippen molar-refractivity contribution in [2.24, 2.45) is 5.10 Å². The first-order valence-electron chi connectivity index (χ1n) is 8.04. The van der Waals surface area contributed by atoms with Gasteiger partial charge in [0.2, 0.25) is 5.91 Å². The summed E-state index contributed by atoms with van der Waals surface area (Å²) in [5.41, 5.74) is 3.69. The van der Waals surface area contributed by atoms with Gasteiger partial charge in [-0.25, -0.2) is 5.01 Å². The molecule has 0 aliphatic rings. The maximum Gasteiger partial charge on any atom is 0.221 e. The van der Waals surface area contributed by atoms with Crippen LogP contribution in [-0.4, -0.2) is 12.1 Å². The fraction of sp³-hybridized carbons (Fsp3) is 0.0476. The summed E-state index contributed by atoms with van der Waals surface area (Å²) in [7, 11) is 0. The van der Waals surface area contributed by atoms with Crippen molar-refractivity contribution in [1.29, 1.82) is 0 Å². The zero-order valence-corrected chi connectivity index (χ0v) is 14.0. The Bertz CT molecular complexity index is 804. The van der Waals surface area contributed by atoms with Gasteiger partial charge in [-0.05, 0) is 42.0 Å². The van der Waals surface area contributed by atoms with E-state index in [1.165, 1.54) is 6.92 Å². The standard InChI is InChI=1S/C21H19N3O/c1-17(25)23-19-14-12-18(13-15-19)16-22-24(20-8-4-2-5-9-20)21-10-6-3-7-11-21/h2-16H,1H3,(H,23,25)/b22-16-. The molecule has 4 nitrogen and oxygen atoms in total. The van der Waals surface area contributed by atoms with Crippen LogP contribution in [0.3, 0.4) is 0 Å². The number of nitrogens with zero attached hydrogens (tertiary/aromatic N) is 2. The quantitative estimate of drug-likeness (QED) is 0.539. The first-order valence-corrected chi connectivity index (χ1v) is 8.04. The summed E-state index contributed by atoms with van der Waals surface area (Å²) in [6.07, 6.45) is 1.80. The molecule has 0 aliphatic carbocycles. The molecule has 1 amide bonds. The van der Waals surface area contributed by atoms with Gasteiger partial charge >= 0.3 is 0 Å². The van der Waals surface area contributed by atoms with E-state index in [0.717, 1.165) is 22.6 Å². The molecular formula is C21H19N3O. The molecule has 0 aromatic heterocycles. The van der Waals surface area contributed by atoms with E-state index in [1.54, 1.807) is 6.21 Å². The van der Waals surface area contributed by atoms with Crippen molar-refractivity contribution >= 4 is 29.2 Å². The zero-order chi connectivity index (χ0) is 17.5. The van der Waals surface area contributed by atoms with Crippen LogP contribution < -0.4 is 10.3 Å². The van der Waals surface area contributed by atoms with Crippen molar-refractivity contribution < 1.29 is 4.79 Å². The van der Waals surface area contributed by atoms with Gasteiger partial charge in [0.05, 0.1) is 17.6 Å². The third-order valence-corrected chi connectivity index (χ3v) is 3.55. The highest BCUT2D eigenvalue weighted by molar-refractivity contribution is 5.89. The molecule has 0 saturated heterocycles. The Morgan fingerprint density at radius 1 is 0.840 bits per heavy atom. The molecule has 3 aromatic rings. The van der Waals surface area contributed by atoms with E-state index in [-0.39, 0.29) is 5.91 Å². The first kappa shape index (κ1) is 16.5. The maximum atomic E-state index is 11.1. The van der Waals surface area contributed by atoms with Crippen LogP contribution in [-0.2, 0) is 4.79 Å². The number of para-hydroxylation sites is 2. The Morgan fingerprint density at radius 2 is 1.36 bits per heavy atom. The van der Waals surface area contributed by atoms with E-state index < -0.39 is 0 Å². The number of benzene rings is 3. The molecule has 0 spiro atoms. The molecule has 0 saturated carbocycles. The van der Waals surface area contributed by atoms with Crippen molar-refractivity contribution in [3.63, 3.8) is 0 Å². The van der Waals surface area contributed by atoms with E-state index >= 15 is 0 Å². The summed E-state index contributed by atoms with van der Waals surface area (Å²) in [4.78, 5) is 11.1.